The van der Waals surface area contributed by atoms with Gasteiger partial charge in [0.2, 0.25) is 0 Å². The molecule has 0 amide bonds. The molecule has 1 unspecified atom stereocenters. The highest BCUT2D eigenvalue weighted by Crippen LogP contribution is 2.28. The summed E-state index contributed by atoms with van der Waals surface area (Å²) < 4.78 is 0. The van der Waals surface area contributed by atoms with Crippen molar-refractivity contribution in [3.63, 3.8) is 0 Å². The maximum absolute atomic E-state index is 11.1. The van der Waals surface area contributed by atoms with Gasteiger partial charge in [0.05, 0.1) is 17.0 Å². The van der Waals surface area contributed by atoms with Crippen molar-refractivity contribution in [1.82, 2.24) is 4.90 Å². The molecule has 0 saturated carbocycles. The monoisotopic (exact) mass is 274 g/mol. The number of nitro groups is 1. The van der Waals surface area contributed by atoms with Gasteiger partial charge in [-0.2, -0.15) is 5.26 Å². The predicted molar refractivity (Wildman–Crippen MR) is 76.6 cm³/mol. The number of nitrogens with zero attached hydrogens (tertiary/aromatic N) is 4. The van der Waals surface area contributed by atoms with Crippen LogP contribution in [0.3, 0.4) is 0 Å². The minimum absolute atomic E-state index is 0.0529. The van der Waals surface area contributed by atoms with E-state index in [-0.39, 0.29) is 16.7 Å². The van der Waals surface area contributed by atoms with Crippen LogP contribution in [0.15, 0.2) is 24.3 Å². The van der Waals surface area contributed by atoms with Gasteiger partial charge in [0, 0.05) is 32.2 Å². The highest BCUT2D eigenvalue weighted by molar-refractivity contribution is 5.63. The molecule has 1 heterocycles. The Morgan fingerprint density at radius 3 is 2.55 bits per heavy atom. The van der Waals surface area contributed by atoms with Crippen LogP contribution < -0.4 is 4.90 Å². The molecule has 2 rings (SSSR count). The molecule has 1 fully saturated rings. The van der Waals surface area contributed by atoms with Crippen LogP contribution >= 0.6 is 0 Å². The number of benzene rings is 1. The second-order valence-electron chi connectivity index (χ2n) is 4.82. The fraction of sp³-hybridized carbons (Fsp3) is 0.500. The highest BCUT2D eigenvalue weighted by Gasteiger charge is 2.26. The van der Waals surface area contributed by atoms with E-state index in [1.807, 2.05) is 17.9 Å². The number of hydrogen-bond donors (Lipinski definition) is 0. The largest absolute Gasteiger partial charge is 0.363 e. The fourth-order valence-electron chi connectivity index (χ4n) is 2.59. The van der Waals surface area contributed by atoms with E-state index in [9.17, 15) is 10.1 Å². The minimum Gasteiger partial charge on any atom is -0.363 e. The first kappa shape index (κ1) is 14.3. The molecule has 20 heavy (non-hydrogen) atoms. The zero-order chi connectivity index (χ0) is 14.5. The minimum atomic E-state index is -0.341. The molecule has 106 valence electrons. The van der Waals surface area contributed by atoms with E-state index in [2.05, 4.69) is 11.0 Å². The third kappa shape index (κ3) is 2.89. The molecule has 0 aromatic heterocycles. The molecule has 1 aliphatic rings. The summed E-state index contributed by atoms with van der Waals surface area (Å²) in [4.78, 5) is 14.9. The van der Waals surface area contributed by atoms with Gasteiger partial charge in [-0.25, -0.2) is 0 Å². The van der Waals surface area contributed by atoms with E-state index >= 15 is 0 Å². The lowest BCUT2D eigenvalue weighted by atomic mass is 10.1. The molecule has 0 aliphatic carbocycles. The molecule has 0 radical (unpaired) electrons. The summed E-state index contributed by atoms with van der Waals surface area (Å²) in [5.74, 6) is 0. The summed E-state index contributed by atoms with van der Waals surface area (Å²) in [5, 5.41) is 20.1. The van der Waals surface area contributed by atoms with E-state index in [1.54, 1.807) is 12.1 Å². The second-order valence-corrected chi connectivity index (χ2v) is 4.82. The van der Waals surface area contributed by atoms with Gasteiger partial charge in [0.25, 0.3) is 5.69 Å². The van der Waals surface area contributed by atoms with Crippen LogP contribution in [0.5, 0.6) is 0 Å². The zero-order valence-electron chi connectivity index (χ0n) is 11.5. The molecule has 6 heteroatoms. The quantitative estimate of drug-likeness (QED) is 0.620. The van der Waals surface area contributed by atoms with Crippen molar-refractivity contribution in [2.45, 2.75) is 19.4 Å². The zero-order valence-corrected chi connectivity index (χ0v) is 11.5. The number of piperazine rings is 1. The Kier molecular flexibility index (Phi) is 4.53. The fourth-order valence-corrected chi connectivity index (χ4v) is 2.59. The van der Waals surface area contributed by atoms with Crippen LogP contribution in [0, 0.1) is 21.4 Å². The predicted octanol–water partition coefficient (Wildman–Crippen LogP) is 2.02. The molecule has 6 nitrogen and oxygen atoms in total. The summed E-state index contributed by atoms with van der Waals surface area (Å²) >= 11 is 0. The van der Waals surface area contributed by atoms with Gasteiger partial charge < -0.3 is 4.90 Å². The first-order valence-electron chi connectivity index (χ1n) is 6.79. The van der Waals surface area contributed by atoms with Crippen molar-refractivity contribution in [1.29, 1.82) is 5.26 Å². The van der Waals surface area contributed by atoms with Crippen LogP contribution in [0.2, 0.25) is 0 Å². The van der Waals surface area contributed by atoms with Crippen molar-refractivity contribution in [2.24, 2.45) is 0 Å². The Labute approximate surface area is 118 Å². The van der Waals surface area contributed by atoms with Gasteiger partial charge in [-0.15, -0.1) is 0 Å². The molecular formula is C14H18N4O2. The average Bonchev–Trinajstić information content (AvgIpc) is 2.49. The Morgan fingerprint density at radius 2 is 2.00 bits per heavy atom. The lowest BCUT2D eigenvalue weighted by molar-refractivity contribution is -0.384. The van der Waals surface area contributed by atoms with Gasteiger partial charge in [0.15, 0.2) is 0 Å². The van der Waals surface area contributed by atoms with E-state index in [4.69, 9.17) is 5.26 Å². The number of anilines is 1. The van der Waals surface area contributed by atoms with E-state index < -0.39 is 0 Å². The third-order valence-corrected chi connectivity index (χ3v) is 3.71. The van der Waals surface area contributed by atoms with Crippen LogP contribution in [0.25, 0.3) is 0 Å². The van der Waals surface area contributed by atoms with Gasteiger partial charge >= 0.3 is 0 Å². The molecule has 1 atom stereocenters. The Balaban J connectivity index is 2.08. The highest BCUT2D eigenvalue weighted by atomic mass is 16.6. The summed E-state index contributed by atoms with van der Waals surface area (Å²) in [7, 11) is 0. The molecule has 1 aromatic carbocycles. The molecule has 0 N–H and O–H groups in total. The van der Waals surface area contributed by atoms with E-state index in [0.717, 1.165) is 19.5 Å². The van der Waals surface area contributed by atoms with Crippen LogP contribution in [0.4, 0.5) is 11.4 Å². The van der Waals surface area contributed by atoms with Gasteiger partial charge in [-0.05, 0) is 12.5 Å². The summed E-state index contributed by atoms with van der Waals surface area (Å²) in [5.41, 5.74) is 0.815. The normalized spacial score (nSPS) is 17.5. The maximum atomic E-state index is 11.1. The molecule has 0 bridgehead atoms. The smallest absolute Gasteiger partial charge is 0.292 e. The van der Waals surface area contributed by atoms with Crippen molar-refractivity contribution in [3.05, 3.63) is 34.4 Å². The Morgan fingerprint density at radius 1 is 1.35 bits per heavy atom. The topological polar surface area (TPSA) is 73.4 Å². The number of nitro benzene ring substituents is 1. The second kappa shape index (κ2) is 6.35. The molecule has 1 aliphatic heterocycles. The number of para-hydroxylation sites is 2. The number of nitriles is 1. The third-order valence-electron chi connectivity index (χ3n) is 3.71. The Bertz CT molecular complexity index is 518. The van der Waals surface area contributed by atoms with Gasteiger partial charge in [-0.1, -0.05) is 19.1 Å². The lowest BCUT2D eigenvalue weighted by Gasteiger charge is -2.37. The molecule has 0 spiro atoms. The van der Waals surface area contributed by atoms with Crippen molar-refractivity contribution >= 4 is 11.4 Å². The summed E-state index contributed by atoms with van der Waals surface area (Å²) in [6.45, 7) is 4.95. The number of rotatable bonds is 4. The van der Waals surface area contributed by atoms with Crippen molar-refractivity contribution in [2.75, 3.05) is 31.1 Å². The Hall–Kier alpha value is -2.13. The first-order chi connectivity index (χ1) is 9.67. The first-order valence-corrected chi connectivity index (χ1v) is 6.79. The summed E-state index contributed by atoms with van der Waals surface area (Å²) in [6.07, 6.45) is 0.808. The van der Waals surface area contributed by atoms with Crippen LogP contribution in [-0.4, -0.2) is 42.0 Å². The average molecular weight is 274 g/mol. The maximum Gasteiger partial charge on any atom is 0.292 e. The molecule has 1 saturated heterocycles. The molecular weight excluding hydrogens is 256 g/mol. The van der Waals surface area contributed by atoms with Crippen molar-refractivity contribution in [3.8, 4) is 6.07 Å². The van der Waals surface area contributed by atoms with Gasteiger partial charge in [-0.3, -0.25) is 15.0 Å². The summed E-state index contributed by atoms with van der Waals surface area (Å²) in [6, 6.07) is 9.07. The number of hydrogen-bond acceptors (Lipinski definition) is 5. The van der Waals surface area contributed by atoms with Gasteiger partial charge in [0.1, 0.15) is 5.69 Å². The van der Waals surface area contributed by atoms with E-state index in [0.29, 0.717) is 18.8 Å². The van der Waals surface area contributed by atoms with Crippen LogP contribution in [-0.2, 0) is 0 Å². The molecule has 1 aromatic rings. The SMILES string of the molecule is CCC(C#N)N1CCN(c2ccccc2[N+](=O)[O-])CC1. The van der Waals surface area contributed by atoms with Crippen molar-refractivity contribution < 1.29 is 4.92 Å². The lowest BCUT2D eigenvalue weighted by Crippen LogP contribution is -2.50. The standard InChI is InChI=1S/C14H18N4O2/c1-2-12(11-15)16-7-9-17(10-8-16)13-5-3-4-6-14(13)18(19)20/h3-6,12H,2,7-10H2,1H3. The van der Waals surface area contributed by atoms with E-state index in [1.165, 1.54) is 6.07 Å². The van der Waals surface area contributed by atoms with Crippen LogP contribution in [0.1, 0.15) is 13.3 Å².